The highest BCUT2D eigenvalue weighted by Gasteiger charge is 2.32. The Morgan fingerprint density at radius 2 is 1.57 bits per heavy atom. The summed E-state index contributed by atoms with van der Waals surface area (Å²) in [7, 11) is 3.38. The van der Waals surface area contributed by atoms with Crippen LogP contribution in [0, 0.1) is 0 Å². The molecule has 148 valence electrons. The van der Waals surface area contributed by atoms with Gasteiger partial charge in [-0.25, -0.2) is 0 Å². The van der Waals surface area contributed by atoms with Crippen molar-refractivity contribution in [2.45, 2.75) is 25.6 Å². The average molecular weight is 391 g/mol. The molecule has 1 heterocycles. The number of methoxy groups -OCH3 is 1. The Bertz CT molecular complexity index is 964. The van der Waals surface area contributed by atoms with Gasteiger partial charge in [0, 0.05) is 7.05 Å². The lowest BCUT2D eigenvalue weighted by molar-refractivity contribution is -0.137. The first-order chi connectivity index (χ1) is 13.1. The second-order valence-corrected chi connectivity index (χ2v) is 6.74. The van der Waals surface area contributed by atoms with Crippen molar-refractivity contribution in [3.8, 4) is 22.9 Å². The van der Waals surface area contributed by atoms with E-state index in [4.69, 9.17) is 9.47 Å². The van der Waals surface area contributed by atoms with Crippen LogP contribution < -0.4 is 9.47 Å². The Labute approximate surface area is 160 Å². The number of nitrogens with zero attached hydrogens (tertiary/aromatic N) is 3. The molecule has 0 bridgehead atoms. The van der Waals surface area contributed by atoms with Crippen molar-refractivity contribution in [3.63, 3.8) is 0 Å². The minimum atomic E-state index is -4.39. The van der Waals surface area contributed by atoms with Gasteiger partial charge in [0.2, 0.25) is 0 Å². The van der Waals surface area contributed by atoms with Crippen molar-refractivity contribution in [3.05, 3.63) is 59.9 Å². The maximum atomic E-state index is 12.7. The zero-order valence-corrected chi connectivity index (χ0v) is 15.9. The van der Waals surface area contributed by atoms with E-state index in [1.807, 2.05) is 24.3 Å². The Morgan fingerprint density at radius 3 is 2.18 bits per heavy atom. The molecule has 0 saturated heterocycles. The monoisotopic (exact) mass is 391 g/mol. The highest BCUT2D eigenvalue weighted by molar-refractivity contribution is 5.64. The van der Waals surface area contributed by atoms with E-state index < -0.39 is 17.3 Å². The Kier molecular flexibility index (Phi) is 5.06. The molecule has 28 heavy (non-hydrogen) atoms. The van der Waals surface area contributed by atoms with Crippen molar-refractivity contribution in [1.29, 1.82) is 0 Å². The SMILES string of the molecule is COc1ccccc1-c1nnc(C(C)(C)Oc2ccc(C(F)(F)F)cc2)n1C. The van der Waals surface area contributed by atoms with Crippen LogP contribution in [0.25, 0.3) is 11.4 Å². The van der Waals surface area contributed by atoms with Crippen LogP contribution in [0.4, 0.5) is 13.2 Å². The van der Waals surface area contributed by atoms with Crippen LogP contribution in [0.15, 0.2) is 48.5 Å². The van der Waals surface area contributed by atoms with Gasteiger partial charge in [0.05, 0.1) is 18.2 Å². The fourth-order valence-corrected chi connectivity index (χ4v) is 2.97. The maximum Gasteiger partial charge on any atom is 0.416 e. The van der Waals surface area contributed by atoms with Crippen molar-refractivity contribution in [1.82, 2.24) is 14.8 Å². The Morgan fingerprint density at radius 1 is 0.929 bits per heavy atom. The summed E-state index contributed by atoms with van der Waals surface area (Å²) in [4.78, 5) is 0. The standard InChI is InChI=1S/C20H20F3N3O2/c1-19(2,28-14-11-9-13(10-12-14)20(21,22)23)18-25-24-17(26(18)3)15-7-5-6-8-16(15)27-4/h5-12H,1-4H3. The maximum absolute atomic E-state index is 12.7. The van der Waals surface area contributed by atoms with Crippen LogP contribution in [0.2, 0.25) is 0 Å². The van der Waals surface area contributed by atoms with Crippen molar-refractivity contribution in [2.75, 3.05) is 7.11 Å². The average Bonchev–Trinajstić information content (AvgIpc) is 3.03. The fraction of sp³-hybridized carbons (Fsp3) is 0.300. The largest absolute Gasteiger partial charge is 0.496 e. The third-order valence-electron chi connectivity index (χ3n) is 4.32. The first-order valence-corrected chi connectivity index (χ1v) is 8.53. The van der Waals surface area contributed by atoms with Crippen molar-refractivity contribution in [2.24, 2.45) is 7.05 Å². The Balaban J connectivity index is 1.90. The van der Waals surface area contributed by atoms with E-state index in [1.54, 1.807) is 32.6 Å². The minimum Gasteiger partial charge on any atom is -0.496 e. The van der Waals surface area contributed by atoms with Gasteiger partial charge >= 0.3 is 6.18 Å². The lowest BCUT2D eigenvalue weighted by atomic mass is 10.1. The van der Waals surface area contributed by atoms with Crippen LogP contribution in [0.5, 0.6) is 11.5 Å². The third-order valence-corrected chi connectivity index (χ3v) is 4.32. The van der Waals surface area contributed by atoms with E-state index in [9.17, 15) is 13.2 Å². The van der Waals surface area contributed by atoms with E-state index >= 15 is 0 Å². The number of alkyl halides is 3. The molecule has 0 fully saturated rings. The van der Waals surface area contributed by atoms with E-state index in [1.165, 1.54) is 12.1 Å². The second kappa shape index (κ2) is 7.18. The van der Waals surface area contributed by atoms with Crippen LogP contribution in [0.3, 0.4) is 0 Å². The molecule has 0 aliphatic heterocycles. The summed E-state index contributed by atoms with van der Waals surface area (Å²) in [6, 6.07) is 12.0. The lowest BCUT2D eigenvalue weighted by Crippen LogP contribution is -2.29. The number of hydrogen-bond acceptors (Lipinski definition) is 4. The Hall–Kier alpha value is -3.03. The van der Waals surface area contributed by atoms with Crippen LogP contribution in [-0.2, 0) is 18.8 Å². The van der Waals surface area contributed by atoms with Gasteiger partial charge in [-0.1, -0.05) is 12.1 Å². The molecule has 0 unspecified atom stereocenters. The summed E-state index contributed by atoms with van der Waals surface area (Å²) in [5.74, 6) is 2.08. The zero-order valence-electron chi connectivity index (χ0n) is 15.9. The van der Waals surface area contributed by atoms with E-state index in [0.29, 0.717) is 23.1 Å². The number of aromatic nitrogens is 3. The van der Waals surface area contributed by atoms with Crippen LogP contribution in [0.1, 0.15) is 25.2 Å². The minimum absolute atomic E-state index is 0.305. The highest BCUT2D eigenvalue weighted by atomic mass is 19.4. The summed E-state index contributed by atoms with van der Waals surface area (Å²) in [6.07, 6.45) is -4.39. The van der Waals surface area contributed by atoms with Crippen LogP contribution in [-0.4, -0.2) is 21.9 Å². The quantitative estimate of drug-likeness (QED) is 0.626. The predicted octanol–water partition coefficient (Wildman–Crippen LogP) is 4.82. The molecule has 2 aromatic carbocycles. The van der Waals surface area contributed by atoms with Gasteiger partial charge in [0.1, 0.15) is 11.5 Å². The van der Waals surface area contributed by atoms with Gasteiger partial charge in [-0.3, -0.25) is 0 Å². The topological polar surface area (TPSA) is 49.2 Å². The first kappa shape index (κ1) is 19.7. The number of para-hydroxylation sites is 1. The number of halogens is 3. The molecule has 0 aliphatic carbocycles. The summed E-state index contributed by atoms with van der Waals surface area (Å²) in [6.45, 7) is 3.56. The van der Waals surface area contributed by atoms with Gasteiger partial charge in [0.15, 0.2) is 17.2 Å². The van der Waals surface area contributed by atoms with Gasteiger partial charge < -0.3 is 14.0 Å². The van der Waals surface area contributed by atoms with Crippen molar-refractivity contribution >= 4 is 0 Å². The van der Waals surface area contributed by atoms with E-state index in [2.05, 4.69) is 10.2 Å². The predicted molar refractivity (Wildman–Crippen MR) is 98.1 cm³/mol. The van der Waals surface area contributed by atoms with Gasteiger partial charge in [-0.2, -0.15) is 13.2 Å². The summed E-state index contributed by atoms with van der Waals surface area (Å²) < 4.78 is 51.3. The molecule has 3 rings (SSSR count). The number of benzene rings is 2. The normalized spacial score (nSPS) is 12.1. The van der Waals surface area contributed by atoms with Crippen molar-refractivity contribution < 1.29 is 22.6 Å². The first-order valence-electron chi connectivity index (χ1n) is 8.53. The van der Waals surface area contributed by atoms with Gasteiger partial charge in [-0.15, -0.1) is 10.2 Å². The summed E-state index contributed by atoms with van der Waals surface area (Å²) in [5.41, 5.74) is -0.881. The zero-order chi connectivity index (χ0) is 20.5. The molecule has 8 heteroatoms. The molecule has 0 atom stereocenters. The smallest absolute Gasteiger partial charge is 0.416 e. The number of hydrogen-bond donors (Lipinski definition) is 0. The van der Waals surface area contributed by atoms with E-state index in [0.717, 1.165) is 17.7 Å². The molecule has 0 N–H and O–H groups in total. The number of ether oxygens (including phenoxy) is 2. The van der Waals surface area contributed by atoms with Gasteiger partial charge in [0.25, 0.3) is 0 Å². The second-order valence-electron chi connectivity index (χ2n) is 6.74. The highest BCUT2D eigenvalue weighted by Crippen LogP contribution is 2.34. The summed E-state index contributed by atoms with van der Waals surface area (Å²) in [5, 5.41) is 8.50. The molecular formula is C20H20F3N3O2. The molecule has 0 saturated carbocycles. The molecular weight excluding hydrogens is 371 g/mol. The molecule has 5 nitrogen and oxygen atoms in total. The lowest BCUT2D eigenvalue weighted by Gasteiger charge is -2.25. The number of rotatable bonds is 5. The molecule has 0 spiro atoms. The third kappa shape index (κ3) is 3.81. The molecule has 3 aromatic rings. The summed E-state index contributed by atoms with van der Waals surface area (Å²) >= 11 is 0. The van der Waals surface area contributed by atoms with E-state index in [-0.39, 0.29) is 0 Å². The van der Waals surface area contributed by atoms with Crippen LogP contribution >= 0.6 is 0 Å². The molecule has 1 aromatic heterocycles. The molecule has 0 radical (unpaired) electrons. The molecule has 0 aliphatic rings. The fourth-order valence-electron chi connectivity index (χ4n) is 2.97. The van der Waals surface area contributed by atoms with Gasteiger partial charge in [-0.05, 0) is 50.2 Å². The molecule has 0 amide bonds.